The monoisotopic (exact) mass is 531 g/mol. The lowest BCUT2D eigenvalue weighted by Crippen LogP contribution is -2.54. The molecule has 1 aromatic carbocycles. The summed E-state index contributed by atoms with van der Waals surface area (Å²) in [4.78, 5) is 47.0. The highest BCUT2D eigenvalue weighted by Crippen LogP contribution is 2.32. The van der Waals surface area contributed by atoms with Crippen molar-refractivity contribution in [2.75, 3.05) is 24.5 Å². The molecule has 0 spiro atoms. The molecular formula is C28H27F2N7O2. The molecule has 0 bridgehead atoms. The SMILES string of the molecule is C=CC(=O)N1CCN(c2nc(=O)n(-c3nccnc3CCC)c3nc(-c4ccccc4F)c(F)cc23)[C@@H](C)C1. The molecule has 1 atom stereocenters. The van der Waals surface area contributed by atoms with Gasteiger partial charge in [-0.2, -0.15) is 4.98 Å². The number of aryl methyl sites for hydroxylation is 1. The number of hydrogen-bond donors (Lipinski definition) is 0. The Morgan fingerprint density at radius 3 is 2.59 bits per heavy atom. The molecule has 0 unspecified atom stereocenters. The van der Waals surface area contributed by atoms with E-state index in [1.165, 1.54) is 47.3 Å². The van der Waals surface area contributed by atoms with Crippen molar-refractivity contribution in [2.24, 2.45) is 0 Å². The summed E-state index contributed by atoms with van der Waals surface area (Å²) >= 11 is 0. The number of piperazine rings is 1. The van der Waals surface area contributed by atoms with E-state index in [0.29, 0.717) is 31.7 Å². The molecule has 4 heterocycles. The number of carbonyl (C=O) groups excluding carboxylic acids is 1. The minimum Gasteiger partial charge on any atom is -0.350 e. The first-order valence-electron chi connectivity index (χ1n) is 12.7. The fraction of sp³-hybridized carbons (Fsp3) is 0.286. The van der Waals surface area contributed by atoms with Gasteiger partial charge in [0.25, 0.3) is 0 Å². The van der Waals surface area contributed by atoms with E-state index in [-0.39, 0.29) is 45.9 Å². The number of carbonyl (C=O) groups is 1. The second-order valence-electron chi connectivity index (χ2n) is 9.33. The number of halogens is 2. The molecule has 9 nitrogen and oxygen atoms in total. The summed E-state index contributed by atoms with van der Waals surface area (Å²) in [5.41, 5.74) is -0.306. The number of fused-ring (bicyclic) bond motifs is 1. The van der Waals surface area contributed by atoms with E-state index in [1.54, 1.807) is 11.0 Å². The Balaban J connectivity index is 1.77. The molecular weight excluding hydrogens is 504 g/mol. The summed E-state index contributed by atoms with van der Waals surface area (Å²) in [6.45, 7) is 8.51. The number of aromatic nitrogens is 5. The van der Waals surface area contributed by atoms with Crippen molar-refractivity contribution in [3.8, 4) is 17.1 Å². The van der Waals surface area contributed by atoms with E-state index >= 15 is 4.39 Å². The molecule has 0 N–H and O–H groups in total. The van der Waals surface area contributed by atoms with Crippen LogP contribution in [0.15, 0.2) is 60.2 Å². The summed E-state index contributed by atoms with van der Waals surface area (Å²) < 4.78 is 31.6. The standard InChI is InChI=1S/C28H27F2N7O2/c1-4-8-22-27(32-12-11-31-22)37-26-19(15-21(30)24(33-26)18-9-6-7-10-20(18)29)25(34-28(37)39)36-14-13-35(16-17(36)3)23(38)5-2/h5-7,9-12,15,17H,2,4,8,13-14,16H2,1,3H3/t17-/m0/s1. The van der Waals surface area contributed by atoms with E-state index in [9.17, 15) is 14.0 Å². The molecule has 1 fully saturated rings. The van der Waals surface area contributed by atoms with E-state index < -0.39 is 17.3 Å². The molecule has 5 rings (SSSR count). The Bertz CT molecular complexity index is 1640. The minimum absolute atomic E-state index is 0.0351. The lowest BCUT2D eigenvalue weighted by molar-refractivity contribution is -0.126. The van der Waals surface area contributed by atoms with E-state index in [4.69, 9.17) is 0 Å². The van der Waals surface area contributed by atoms with Crippen LogP contribution < -0.4 is 10.6 Å². The van der Waals surface area contributed by atoms with E-state index in [1.807, 2.05) is 18.7 Å². The van der Waals surface area contributed by atoms with Crippen LogP contribution in [-0.2, 0) is 11.2 Å². The van der Waals surface area contributed by atoms with Crippen LogP contribution in [-0.4, -0.2) is 61.0 Å². The Labute approximate surface area is 223 Å². The Morgan fingerprint density at radius 2 is 1.87 bits per heavy atom. The van der Waals surface area contributed by atoms with Gasteiger partial charge in [-0.1, -0.05) is 32.1 Å². The van der Waals surface area contributed by atoms with Gasteiger partial charge in [-0.05, 0) is 37.6 Å². The number of rotatable bonds is 6. The van der Waals surface area contributed by atoms with Crippen molar-refractivity contribution in [1.29, 1.82) is 0 Å². The van der Waals surface area contributed by atoms with Crippen LogP contribution in [0.3, 0.4) is 0 Å². The molecule has 0 radical (unpaired) electrons. The molecule has 200 valence electrons. The zero-order chi connectivity index (χ0) is 27.7. The molecule has 11 heteroatoms. The third kappa shape index (κ3) is 4.75. The molecule has 1 aliphatic heterocycles. The molecule has 4 aromatic rings. The molecule has 0 saturated carbocycles. The van der Waals surface area contributed by atoms with Gasteiger partial charge in [0.15, 0.2) is 11.5 Å². The summed E-state index contributed by atoms with van der Waals surface area (Å²) in [7, 11) is 0. The molecule has 39 heavy (non-hydrogen) atoms. The minimum atomic E-state index is -0.762. The highest BCUT2D eigenvalue weighted by atomic mass is 19.1. The van der Waals surface area contributed by atoms with Gasteiger partial charge in [-0.3, -0.25) is 9.78 Å². The number of benzene rings is 1. The van der Waals surface area contributed by atoms with Crippen LogP contribution in [0.5, 0.6) is 0 Å². The third-order valence-corrected chi connectivity index (χ3v) is 6.77. The van der Waals surface area contributed by atoms with Gasteiger partial charge >= 0.3 is 5.69 Å². The van der Waals surface area contributed by atoms with Gasteiger partial charge in [-0.25, -0.2) is 28.1 Å². The average molecular weight is 532 g/mol. The number of nitrogens with zero attached hydrogens (tertiary/aromatic N) is 7. The summed E-state index contributed by atoms with van der Waals surface area (Å²) in [6.07, 6.45) is 5.54. The van der Waals surface area contributed by atoms with Crippen LogP contribution in [0, 0.1) is 11.6 Å². The number of anilines is 1. The van der Waals surface area contributed by atoms with Gasteiger partial charge in [0.1, 0.15) is 23.1 Å². The van der Waals surface area contributed by atoms with Crippen LogP contribution >= 0.6 is 0 Å². The largest absolute Gasteiger partial charge is 0.357 e. The highest BCUT2D eigenvalue weighted by molar-refractivity contribution is 5.91. The first-order chi connectivity index (χ1) is 18.8. The fourth-order valence-electron chi connectivity index (χ4n) is 4.92. The van der Waals surface area contributed by atoms with Crippen molar-refractivity contribution < 1.29 is 13.6 Å². The summed E-state index contributed by atoms with van der Waals surface area (Å²) in [5.74, 6) is -1.13. The predicted molar refractivity (Wildman–Crippen MR) is 144 cm³/mol. The maximum atomic E-state index is 15.6. The first-order valence-corrected chi connectivity index (χ1v) is 12.7. The van der Waals surface area contributed by atoms with Gasteiger partial charge < -0.3 is 9.80 Å². The van der Waals surface area contributed by atoms with Crippen molar-refractivity contribution in [2.45, 2.75) is 32.7 Å². The second kappa shape index (κ2) is 10.7. The van der Waals surface area contributed by atoms with Gasteiger partial charge in [-0.15, -0.1) is 0 Å². The maximum Gasteiger partial charge on any atom is 0.357 e. The van der Waals surface area contributed by atoms with Crippen LogP contribution in [0.1, 0.15) is 26.0 Å². The topological polar surface area (TPSA) is 97.1 Å². The summed E-state index contributed by atoms with van der Waals surface area (Å²) in [5, 5.41) is 0.260. The Morgan fingerprint density at radius 1 is 1.10 bits per heavy atom. The highest BCUT2D eigenvalue weighted by Gasteiger charge is 2.30. The normalized spacial score (nSPS) is 15.5. The van der Waals surface area contributed by atoms with Gasteiger partial charge in [0.2, 0.25) is 5.91 Å². The summed E-state index contributed by atoms with van der Waals surface area (Å²) in [6, 6.07) is 6.73. The fourth-order valence-corrected chi connectivity index (χ4v) is 4.92. The zero-order valence-corrected chi connectivity index (χ0v) is 21.6. The average Bonchev–Trinajstić information content (AvgIpc) is 2.93. The molecule has 3 aromatic heterocycles. The third-order valence-electron chi connectivity index (χ3n) is 6.77. The van der Waals surface area contributed by atoms with E-state index in [2.05, 4.69) is 26.5 Å². The molecule has 1 amide bonds. The molecule has 0 aliphatic carbocycles. The zero-order valence-electron chi connectivity index (χ0n) is 21.6. The van der Waals surface area contributed by atoms with Crippen molar-refractivity contribution >= 4 is 22.8 Å². The smallest absolute Gasteiger partial charge is 0.350 e. The van der Waals surface area contributed by atoms with Crippen LogP contribution in [0.25, 0.3) is 28.1 Å². The van der Waals surface area contributed by atoms with E-state index in [0.717, 1.165) is 6.42 Å². The van der Waals surface area contributed by atoms with Crippen molar-refractivity contribution in [3.05, 3.63) is 83.2 Å². The lowest BCUT2D eigenvalue weighted by Gasteiger charge is -2.40. The number of pyridine rings is 1. The van der Waals surface area contributed by atoms with Crippen LogP contribution in [0.2, 0.25) is 0 Å². The Kier molecular flexibility index (Phi) is 7.14. The van der Waals surface area contributed by atoms with Crippen LogP contribution in [0.4, 0.5) is 14.6 Å². The van der Waals surface area contributed by atoms with Crippen molar-refractivity contribution in [3.63, 3.8) is 0 Å². The quantitative estimate of drug-likeness (QED) is 0.350. The lowest BCUT2D eigenvalue weighted by atomic mass is 10.1. The molecule has 1 saturated heterocycles. The first kappa shape index (κ1) is 26.1. The predicted octanol–water partition coefficient (Wildman–Crippen LogP) is 3.69. The number of hydrogen-bond acceptors (Lipinski definition) is 7. The second-order valence-corrected chi connectivity index (χ2v) is 9.33. The van der Waals surface area contributed by atoms with Crippen molar-refractivity contribution in [1.82, 2.24) is 29.4 Å². The number of amides is 1. The van der Waals surface area contributed by atoms with Gasteiger partial charge in [0, 0.05) is 43.6 Å². The molecule has 1 aliphatic rings. The van der Waals surface area contributed by atoms with Gasteiger partial charge in [0.05, 0.1) is 11.1 Å². The Hall–Kier alpha value is -4.54. The maximum absolute atomic E-state index is 15.6.